The summed E-state index contributed by atoms with van der Waals surface area (Å²) < 4.78 is 13.6. The van der Waals surface area contributed by atoms with Gasteiger partial charge < -0.3 is 5.32 Å². The Morgan fingerprint density at radius 3 is 2.59 bits per heavy atom. The molecule has 0 radical (unpaired) electrons. The number of hydrogen-bond acceptors (Lipinski definition) is 2. The van der Waals surface area contributed by atoms with Gasteiger partial charge in [0.15, 0.2) is 0 Å². The van der Waals surface area contributed by atoms with Gasteiger partial charge in [0.05, 0.1) is 5.69 Å². The molecule has 2 aromatic rings. The molecule has 90 valence electrons. The molecule has 0 amide bonds. The van der Waals surface area contributed by atoms with Crippen LogP contribution in [-0.2, 0) is 13.0 Å². The van der Waals surface area contributed by atoms with Crippen LogP contribution < -0.4 is 5.32 Å². The Morgan fingerprint density at radius 1 is 1.18 bits per heavy atom. The van der Waals surface area contributed by atoms with Crippen LogP contribution in [0.3, 0.4) is 0 Å². The summed E-state index contributed by atoms with van der Waals surface area (Å²) in [5.41, 5.74) is 1.55. The summed E-state index contributed by atoms with van der Waals surface area (Å²) in [4.78, 5) is 2.61. The SMILES string of the molecule is CCc1ccc(CNc2c(C)cccc2F)s1. The first-order valence-electron chi connectivity index (χ1n) is 5.77. The molecule has 1 N–H and O–H groups in total. The van der Waals surface area contributed by atoms with Crippen molar-refractivity contribution in [3.05, 3.63) is 51.5 Å². The third kappa shape index (κ3) is 2.86. The molecule has 17 heavy (non-hydrogen) atoms. The first-order valence-corrected chi connectivity index (χ1v) is 6.59. The standard InChI is InChI=1S/C14H16FNS/c1-3-11-7-8-12(17-11)9-16-14-10(2)5-4-6-13(14)15/h4-8,16H,3,9H2,1-2H3. The Labute approximate surface area is 105 Å². The molecule has 1 heterocycles. The number of aryl methyl sites for hydroxylation is 2. The molecule has 1 aromatic carbocycles. The van der Waals surface area contributed by atoms with Crippen LogP contribution in [0.5, 0.6) is 0 Å². The van der Waals surface area contributed by atoms with Crippen LogP contribution in [0.2, 0.25) is 0 Å². The average molecular weight is 249 g/mol. The van der Waals surface area contributed by atoms with Crippen molar-refractivity contribution in [3.8, 4) is 0 Å². The Hall–Kier alpha value is -1.35. The lowest BCUT2D eigenvalue weighted by Crippen LogP contribution is -2.01. The van der Waals surface area contributed by atoms with Gasteiger partial charge in [0.25, 0.3) is 0 Å². The topological polar surface area (TPSA) is 12.0 Å². The van der Waals surface area contributed by atoms with E-state index < -0.39 is 0 Å². The van der Waals surface area contributed by atoms with Gasteiger partial charge in [0, 0.05) is 16.3 Å². The molecular formula is C14H16FNS. The minimum absolute atomic E-state index is 0.183. The zero-order valence-corrected chi connectivity index (χ0v) is 10.9. The lowest BCUT2D eigenvalue weighted by Gasteiger charge is -2.09. The fraction of sp³-hybridized carbons (Fsp3) is 0.286. The maximum atomic E-state index is 13.6. The lowest BCUT2D eigenvalue weighted by atomic mass is 10.2. The van der Waals surface area contributed by atoms with E-state index in [1.54, 1.807) is 17.4 Å². The van der Waals surface area contributed by atoms with Gasteiger partial charge in [-0.1, -0.05) is 19.1 Å². The number of para-hydroxylation sites is 1. The summed E-state index contributed by atoms with van der Waals surface area (Å²) in [6.45, 7) is 4.74. The number of halogens is 1. The third-order valence-electron chi connectivity index (χ3n) is 2.73. The van der Waals surface area contributed by atoms with E-state index in [4.69, 9.17) is 0 Å². The second-order valence-corrected chi connectivity index (χ2v) is 5.26. The number of benzene rings is 1. The number of anilines is 1. The molecule has 1 aromatic heterocycles. The summed E-state index contributed by atoms with van der Waals surface area (Å²) in [5.74, 6) is -0.183. The van der Waals surface area contributed by atoms with E-state index in [0.717, 1.165) is 12.0 Å². The molecule has 0 fully saturated rings. The van der Waals surface area contributed by atoms with Crippen molar-refractivity contribution in [2.24, 2.45) is 0 Å². The second kappa shape index (κ2) is 5.32. The molecule has 0 unspecified atom stereocenters. The Morgan fingerprint density at radius 2 is 1.94 bits per heavy atom. The summed E-state index contributed by atoms with van der Waals surface area (Å²) in [7, 11) is 0. The van der Waals surface area contributed by atoms with Crippen molar-refractivity contribution in [3.63, 3.8) is 0 Å². The molecule has 2 rings (SSSR count). The molecule has 0 aliphatic heterocycles. The highest BCUT2D eigenvalue weighted by Crippen LogP contribution is 2.22. The summed E-state index contributed by atoms with van der Waals surface area (Å²) in [6.07, 6.45) is 1.06. The number of nitrogens with one attached hydrogen (secondary N) is 1. The zero-order chi connectivity index (χ0) is 12.3. The monoisotopic (exact) mass is 249 g/mol. The molecule has 0 spiro atoms. The lowest BCUT2D eigenvalue weighted by molar-refractivity contribution is 0.629. The van der Waals surface area contributed by atoms with Gasteiger partial charge in [-0.3, -0.25) is 0 Å². The molecule has 0 atom stereocenters. The third-order valence-corrected chi connectivity index (χ3v) is 3.96. The summed E-state index contributed by atoms with van der Waals surface area (Å²) >= 11 is 1.78. The zero-order valence-electron chi connectivity index (χ0n) is 10.1. The first-order chi connectivity index (χ1) is 8.20. The van der Waals surface area contributed by atoms with Crippen molar-refractivity contribution in [2.75, 3.05) is 5.32 Å². The van der Waals surface area contributed by atoms with Crippen LogP contribution in [0.1, 0.15) is 22.2 Å². The minimum atomic E-state index is -0.183. The Kier molecular flexibility index (Phi) is 3.79. The molecule has 0 bridgehead atoms. The first kappa shape index (κ1) is 12.1. The molecular weight excluding hydrogens is 233 g/mol. The van der Waals surface area contributed by atoms with Gasteiger partial charge in [0.2, 0.25) is 0 Å². The molecule has 1 nitrogen and oxygen atoms in total. The highest BCUT2D eigenvalue weighted by Gasteiger charge is 2.05. The average Bonchev–Trinajstić information content (AvgIpc) is 2.76. The van der Waals surface area contributed by atoms with Gasteiger partial charge in [-0.05, 0) is 37.1 Å². The van der Waals surface area contributed by atoms with Crippen LogP contribution in [0.15, 0.2) is 30.3 Å². The predicted octanol–water partition coefficient (Wildman–Crippen LogP) is 4.37. The minimum Gasteiger partial charge on any atom is -0.378 e. The van der Waals surface area contributed by atoms with E-state index in [2.05, 4.69) is 24.4 Å². The van der Waals surface area contributed by atoms with Crippen LogP contribution >= 0.6 is 11.3 Å². The van der Waals surface area contributed by atoms with E-state index in [-0.39, 0.29) is 5.82 Å². The van der Waals surface area contributed by atoms with Gasteiger partial charge in [-0.25, -0.2) is 4.39 Å². The maximum absolute atomic E-state index is 13.6. The van der Waals surface area contributed by atoms with Crippen molar-refractivity contribution in [1.29, 1.82) is 0 Å². The molecule has 0 aliphatic rings. The van der Waals surface area contributed by atoms with Gasteiger partial charge >= 0.3 is 0 Å². The van der Waals surface area contributed by atoms with E-state index >= 15 is 0 Å². The fourth-order valence-electron chi connectivity index (χ4n) is 1.74. The fourth-order valence-corrected chi connectivity index (χ4v) is 2.64. The van der Waals surface area contributed by atoms with E-state index in [0.29, 0.717) is 12.2 Å². The Bertz CT molecular complexity index is 484. The highest BCUT2D eigenvalue weighted by atomic mass is 32.1. The number of rotatable bonds is 4. The van der Waals surface area contributed by atoms with E-state index in [1.165, 1.54) is 15.8 Å². The van der Waals surface area contributed by atoms with Crippen molar-refractivity contribution in [1.82, 2.24) is 0 Å². The number of hydrogen-bond donors (Lipinski definition) is 1. The van der Waals surface area contributed by atoms with E-state index in [1.807, 2.05) is 13.0 Å². The Balaban J connectivity index is 2.07. The highest BCUT2D eigenvalue weighted by molar-refractivity contribution is 7.12. The van der Waals surface area contributed by atoms with Crippen LogP contribution in [0, 0.1) is 12.7 Å². The summed E-state index contributed by atoms with van der Waals surface area (Å²) in [5, 5.41) is 3.17. The smallest absolute Gasteiger partial charge is 0.146 e. The van der Waals surface area contributed by atoms with Crippen LogP contribution in [0.25, 0.3) is 0 Å². The van der Waals surface area contributed by atoms with Crippen molar-refractivity contribution < 1.29 is 4.39 Å². The quantitative estimate of drug-likeness (QED) is 0.848. The largest absolute Gasteiger partial charge is 0.378 e. The molecule has 0 saturated carbocycles. The molecule has 0 saturated heterocycles. The maximum Gasteiger partial charge on any atom is 0.146 e. The predicted molar refractivity (Wildman–Crippen MR) is 72.2 cm³/mol. The van der Waals surface area contributed by atoms with Gasteiger partial charge in [-0.2, -0.15) is 0 Å². The van der Waals surface area contributed by atoms with Crippen LogP contribution in [-0.4, -0.2) is 0 Å². The van der Waals surface area contributed by atoms with E-state index in [9.17, 15) is 4.39 Å². The van der Waals surface area contributed by atoms with Gasteiger partial charge in [-0.15, -0.1) is 11.3 Å². The normalized spacial score (nSPS) is 10.5. The van der Waals surface area contributed by atoms with Crippen molar-refractivity contribution >= 4 is 17.0 Å². The summed E-state index contributed by atoms with van der Waals surface area (Å²) in [6, 6.07) is 9.37. The number of thiophene rings is 1. The molecule has 0 aliphatic carbocycles. The van der Waals surface area contributed by atoms with Crippen LogP contribution in [0.4, 0.5) is 10.1 Å². The van der Waals surface area contributed by atoms with Gasteiger partial charge in [0.1, 0.15) is 5.82 Å². The second-order valence-electron chi connectivity index (χ2n) is 4.01. The van der Waals surface area contributed by atoms with Crippen molar-refractivity contribution in [2.45, 2.75) is 26.8 Å². The molecule has 3 heteroatoms.